The minimum absolute atomic E-state index is 0.0249. The number of aryl methyl sites for hydroxylation is 1. The molecule has 3 heteroatoms. The first-order valence-electron chi connectivity index (χ1n) is 3.53. The normalized spacial score (nSPS) is 9.18. The summed E-state index contributed by atoms with van der Waals surface area (Å²) in [6.07, 6.45) is 0. The average Bonchev–Trinajstić information content (AvgIpc) is 2.04. The number of nitrogens with one attached hydrogen (secondary N) is 1. The zero-order valence-corrected chi connectivity index (χ0v) is 6.72. The van der Waals surface area contributed by atoms with Crippen LogP contribution in [0.15, 0.2) is 24.3 Å². The molecule has 56 valence electrons. The fraction of sp³-hybridized carbons (Fsp3) is 0.125. The van der Waals surface area contributed by atoms with Crippen molar-refractivity contribution < 1.29 is 4.79 Å². The molecule has 0 saturated heterocycles. The molecule has 1 N–H and O–H groups in total. The first-order valence-corrected chi connectivity index (χ1v) is 3.53. The van der Waals surface area contributed by atoms with E-state index in [1.165, 1.54) is 0 Å². The number of amides is 1. The van der Waals surface area contributed by atoms with Crippen LogP contribution < -0.4 is 5.23 Å². The van der Waals surface area contributed by atoms with E-state index in [1.54, 1.807) is 7.98 Å². The molecule has 1 aromatic carbocycles. The molecule has 0 aliphatic carbocycles. The quantitative estimate of drug-likeness (QED) is 0.567. The Morgan fingerprint density at radius 1 is 1.45 bits per heavy atom. The Labute approximate surface area is 67.0 Å². The highest BCUT2D eigenvalue weighted by Gasteiger charge is 2.03. The summed E-state index contributed by atoms with van der Waals surface area (Å²) in [5.41, 5.74) is 1.75. The van der Waals surface area contributed by atoms with Crippen LogP contribution in [0.1, 0.15) is 15.9 Å². The third kappa shape index (κ3) is 1.61. The second-order valence-corrected chi connectivity index (χ2v) is 2.39. The number of benzene rings is 1. The van der Waals surface area contributed by atoms with Gasteiger partial charge in [0, 0.05) is 5.56 Å². The number of hydrogen-bond acceptors (Lipinski definition) is 1. The Kier molecular flexibility index (Phi) is 2.31. The molecule has 0 aliphatic rings. The molecule has 0 aliphatic heterocycles. The molecule has 11 heavy (non-hydrogen) atoms. The van der Waals surface area contributed by atoms with E-state index in [1.807, 2.05) is 31.2 Å². The van der Waals surface area contributed by atoms with Gasteiger partial charge in [0.2, 0.25) is 13.9 Å². The molecule has 0 spiro atoms. The second kappa shape index (κ2) is 3.24. The largest absolute Gasteiger partial charge is 0.402 e. The lowest BCUT2D eigenvalue weighted by atomic mass is 10.1. The van der Waals surface area contributed by atoms with Gasteiger partial charge < -0.3 is 5.23 Å². The fourth-order valence-electron chi connectivity index (χ4n) is 0.962. The highest BCUT2D eigenvalue weighted by Crippen LogP contribution is 2.05. The van der Waals surface area contributed by atoms with Gasteiger partial charge >= 0.3 is 0 Å². The number of carbonyl (C=O) groups excluding carboxylic acids is 1. The van der Waals surface area contributed by atoms with Gasteiger partial charge in [0.05, 0.1) is 0 Å². The van der Waals surface area contributed by atoms with E-state index in [-0.39, 0.29) is 5.91 Å². The van der Waals surface area contributed by atoms with Gasteiger partial charge in [0.15, 0.2) is 0 Å². The van der Waals surface area contributed by atoms with Crippen molar-refractivity contribution in [3.05, 3.63) is 35.4 Å². The molecule has 0 aromatic heterocycles. The Morgan fingerprint density at radius 2 is 2.09 bits per heavy atom. The summed E-state index contributed by atoms with van der Waals surface area (Å²) in [6.45, 7) is 1.92. The van der Waals surface area contributed by atoms with Crippen molar-refractivity contribution in [3.8, 4) is 0 Å². The average molecular weight is 147 g/mol. The van der Waals surface area contributed by atoms with Crippen molar-refractivity contribution in [1.29, 1.82) is 0 Å². The van der Waals surface area contributed by atoms with Crippen molar-refractivity contribution in [2.75, 3.05) is 0 Å². The van der Waals surface area contributed by atoms with Crippen molar-refractivity contribution in [2.45, 2.75) is 6.92 Å². The van der Waals surface area contributed by atoms with Gasteiger partial charge in [-0.25, -0.2) is 0 Å². The van der Waals surface area contributed by atoms with Crippen LogP contribution in [-0.2, 0) is 0 Å². The van der Waals surface area contributed by atoms with Crippen LogP contribution >= 0.6 is 0 Å². The van der Waals surface area contributed by atoms with E-state index in [0.29, 0.717) is 0 Å². The zero-order chi connectivity index (χ0) is 8.27. The van der Waals surface area contributed by atoms with Gasteiger partial charge in [0.1, 0.15) is 0 Å². The van der Waals surface area contributed by atoms with E-state index in [9.17, 15) is 4.79 Å². The van der Waals surface area contributed by atoms with Crippen LogP contribution in [0, 0.1) is 6.92 Å². The lowest BCUT2D eigenvalue weighted by Gasteiger charge is -2.01. The summed E-state index contributed by atoms with van der Waals surface area (Å²) in [6, 6.07) is 7.51. The maximum Gasteiger partial charge on any atom is 0.239 e. The fourth-order valence-corrected chi connectivity index (χ4v) is 0.962. The Bertz CT molecular complexity index is 273. The summed E-state index contributed by atoms with van der Waals surface area (Å²) >= 11 is 0. The summed E-state index contributed by atoms with van der Waals surface area (Å²) in [5.74, 6) is -0.0249. The van der Waals surface area contributed by atoms with E-state index < -0.39 is 0 Å². The predicted molar refractivity (Wildman–Crippen MR) is 47.2 cm³/mol. The minimum atomic E-state index is -0.0249. The Hall–Kier alpha value is -1.25. The zero-order valence-electron chi connectivity index (χ0n) is 6.72. The van der Waals surface area contributed by atoms with Crippen molar-refractivity contribution in [1.82, 2.24) is 5.23 Å². The molecular weight excluding hydrogens is 137 g/mol. The first-order chi connectivity index (χ1) is 5.25. The molecule has 0 unspecified atom stereocenters. The van der Waals surface area contributed by atoms with E-state index in [2.05, 4.69) is 5.23 Å². The number of rotatable bonds is 1. The van der Waals surface area contributed by atoms with Crippen LogP contribution in [-0.4, -0.2) is 13.9 Å². The summed E-state index contributed by atoms with van der Waals surface area (Å²) in [5, 5.41) is 2.58. The molecule has 0 radical (unpaired) electrons. The molecular formula is C8H10BNO. The second-order valence-electron chi connectivity index (χ2n) is 2.39. The van der Waals surface area contributed by atoms with E-state index in [0.717, 1.165) is 11.1 Å². The first kappa shape index (κ1) is 7.86. The molecule has 1 rings (SSSR count). The highest BCUT2D eigenvalue weighted by atomic mass is 16.1. The Morgan fingerprint density at radius 3 is 2.64 bits per heavy atom. The predicted octanol–water partition coefficient (Wildman–Crippen LogP) is 0.273. The van der Waals surface area contributed by atoms with Crippen LogP contribution in [0.2, 0.25) is 0 Å². The van der Waals surface area contributed by atoms with Gasteiger partial charge in [-0.15, -0.1) is 0 Å². The van der Waals surface area contributed by atoms with Crippen LogP contribution in [0.3, 0.4) is 0 Å². The molecule has 1 amide bonds. The Balaban J connectivity index is 3.03. The molecule has 0 heterocycles. The van der Waals surface area contributed by atoms with Crippen LogP contribution in [0.4, 0.5) is 0 Å². The van der Waals surface area contributed by atoms with Crippen molar-refractivity contribution >= 4 is 13.9 Å². The third-order valence-corrected chi connectivity index (χ3v) is 1.62. The standard InChI is InChI=1S/C8H10BNO/c1-6-4-2-3-5-7(6)8(11)10-9/h2-5H,9H2,1H3,(H,10,11). The SMILES string of the molecule is BNC(=O)c1ccccc1C. The lowest BCUT2D eigenvalue weighted by molar-refractivity contribution is 0.0981. The van der Waals surface area contributed by atoms with Gasteiger partial charge in [-0.1, -0.05) is 18.2 Å². The van der Waals surface area contributed by atoms with E-state index >= 15 is 0 Å². The van der Waals surface area contributed by atoms with Gasteiger partial charge in [-0.3, -0.25) is 4.79 Å². The van der Waals surface area contributed by atoms with Crippen LogP contribution in [0.25, 0.3) is 0 Å². The molecule has 2 nitrogen and oxygen atoms in total. The molecule has 0 atom stereocenters. The van der Waals surface area contributed by atoms with Gasteiger partial charge in [-0.2, -0.15) is 0 Å². The topological polar surface area (TPSA) is 29.1 Å². The number of hydrogen-bond donors (Lipinski definition) is 1. The molecule has 0 bridgehead atoms. The minimum Gasteiger partial charge on any atom is -0.402 e. The monoisotopic (exact) mass is 147 g/mol. The summed E-state index contributed by atoms with van der Waals surface area (Å²) in [4.78, 5) is 11.1. The third-order valence-electron chi connectivity index (χ3n) is 1.62. The lowest BCUT2D eigenvalue weighted by Crippen LogP contribution is -2.20. The van der Waals surface area contributed by atoms with Gasteiger partial charge in [-0.05, 0) is 18.6 Å². The maximum atomic E-state index is 11.1. The van der Waals surface area contributed by atoms with Crippen molar-refractivity contribution in [3.63, 3.8) is 0 Å². The highest BCUT2D eigenvalue weighted by molar-refractivity contribution is 6.18. The molecule has 1 aromatic rings. The smallest absolute Gasteiger partial charge is 0.239 e. The molecule has 0 fully saturated rings. The maximum absolute atomic E-state index is 11.1. The van der Waals surface area contributed by atoms with Crippen molar-refractivity contribution in [2.24, 2.45) is 0 Å². The summed E-state index contributed by atoms with van der Waals surface area (Å²) in [7, 11) is 1.63. The number of carbonyl (C=O) groups is 1. The van der Waals surface area contributed by atoms with Gasteiger partial charge in [0.25, 0.3) is 0 Å². The summed E-state index contributed by atoms with van der Waals surface area (Å²) < 4.78 is 0. The van der Waals surface area contributed by atoms with E-state index in [4.69, 9.17) is 0 Å². The van der Waals surface area contributed by atoms with Crippen LogP contribution in [0.5, 0.6) is 0 Å². The molecule has 0 saturated carbocycles.